The molecule has 0 atom stereocenters. The molecule has 0 N–H and O–H groups in total. The summed E-state index contributed by atoms with van der Waals surface area (Å²) >= 11 is 0. The molecule has 0 fully saturated rings. The van der Waals surface area contributed by atoms with E-state index in [9.17, 15) is 5.39 Å². The van der Waals surface area contributed by atoms with Crippen LogP contribution in [0.2, 0.25) is 0 Å². The highest BCUT2D eigenvalue weighted by Gasteiger charge is 2.51. The quantitative estimate of drug-likeness (QED) is 0.289. The Morgan fingerprint density at radius 2 is 0.963 bits per heavy atom. The van der Waals surface area contributed by atoms with Crippen molar-refractivity contribution in [1.29, 1.82) is 5.39 Å². The third-order valence-electron chi connectivity index (χ3n) is 6.10. The molecule has 0 amide bonds. The van der Waals surface area contributed by atoms with Gasteiger partial charge in [-0.1, -0.05) is 72.8 Å². The molecule has 2 heteroatoms. The molecule has 0 bridgehead atoms. The molecule has 6 rings (SSSR count). The summed E-state index contributed by atoms with van der Waals surface area (Å²) in [6.45, 7) is 0. The molecule has 4 aromatic rings. The lowest BCUT2D eigenvalue weighted by atomic mass is 9.70. The van der Waals surface area contributed by atoms with Crippen molar-refractivity contribution >= 4 is 5.69 Å². The molecule has 0 aliphatic heterocycles. The highest BCUT2D eigenvalue weighted by atomic mass is 14.8. The third-order valence-corrected chi connectivity index (χ3v) is 6.10. The Morgan fingerprint density at radius 1 is 0.519 bits per heavy atom. The standard InChI is InChI=1S/C25H15N2/c26-27-16-13-14-20-19-9-3-6-12-23(19)25(24(20)15-16)21-10-4-1-7-17(21)18-8-2-5-11-22(18)25/h1-15H/q+1. The highest BCUT2D eigenvalue weighted by Crippen LogP contribution is 2.62. The summed E-state index contributed by atoms with van der Waals surface area (Å²) in [7, 11) is 0. The van der Waals surface area contributed by atoms with E-state index in [2.05, 4.69) is 83.8 Å². The Balaban J connectivity index is 1.87. The molecular formula is C25H15N2+. The van der Waals surface area contributed by atoms with E-state index in [4.69, 9.17) is 0 Å². The van der Waals surface area contributed by atoms with Crippen molar-refractivity contribution in [2.75, 3.05) is 0 Å². The zero-order chi connectivity index (χ0) is 18.0. The van der Waals surface area contributed by atoms with E-state index in [1.54, 1.807) is 0 Å². The van der Waals surface area contributed by atoms with Gasteiger partial charge in [0, 0.05) is 12.1 Å². The van der Waals surface area contributed by atoms with E-state index in [-0.39, 0.29) is 5.41 Å². The van der Waals surface area contributed by atoms with Gasteiger partial charge in [-0.2, -0.15) is 0 Å². The topological polar surface area (TPSA) is 28.1 Å². The van der Waals surface area contributed by atoms with Crippen LogP contribution < -0.4 is 0 Å². The summed E-state index contributed by atoms with van der Waals surface area (Å²) < 4.78 is 0. The second-order valence-corrected chi connectivity index (χ2v) is 7.22. The summed E-state index contributed by atoms with van der Waals surface area (Å²) in [6.07, 6.45) is 0. The van der Waals surface area contributed by atoms with Crippen LogP contribution in [0, 0.1) is 5.39 Å². The number of rotatable bonds is 0. The van der Waals surface area contributed by atoms with E-state index in [1.807, 2.05) is 12.1 Å². The fraction of sp³-hybridized carbons (Fsp3) is 0.0400. The van der Waals surface area contributed by atoms with Crippen molar-refractivity contribution in [3.63, 3.8) is 0 Å². The predicted molar refractivity (Wildman–Crippen MR) is 107 cm³/mol. The largest absolute Gasteiger partial charge is 0.385 e. The maximum absolute atomic E-state index is 9.43. The molecule has 0 unspecified atom stereocenters. The molecule has 2 nitrogen and oxygen atoms in total. The van der Waals surface area contributed by atoms with Gasteiger partial charge in [0.05, 0.1) is 5.41 Å². The average Bonchev–Trinajstić information content (AvgIpc) is 3.21. The van der Waals surface area contributed by atoms with E-state index in [0.29, 0.717) is 5.69 Å². The summed E-state index contributed by atoms with van der Waals surface area (Å²) in [5, 5.41) is 9.43. The van der Waals surface area contributed by atoms with E-state index in [0.717, 1.165) is 0 Å². The molecule has 124 valence electrons. The van der Waals surface area contributed by atoms with Gasteiger partial charge in [-0.3, -0.25) is 0 Å². The fourth-order valence-corrected chi connectivity index (χ4v) is 5.15. The minimum Gasteiger partial charge on any atom is -0.0619 e. The van der Waals surface area contributed by atoms with Gasteiger partial charge >= 0.3 is 5.69 Å². The SMILES string of the molecule is N#[N+]c1ccc2c(c1)C1(c3ccccc3-c3ccccc31)c1ccccc1-2. The van der Waals surface area contributed by atoms with Crippen molar-refractivity contribution in [2.45, 2.75) is 5.41 Å². The number of benzene rings is 4. The van der Waals surface area contributed by atoms with Crippen LogP contribution in [0.15, 0.2) is 91.0 Å². The van der Waals surface area contributed by atoms with Gasteiger partial charge in [-0.05, 0) is 50.6 Å². The summed E-state index contributed by atoms with van der Waals surface area (Å²) in [4.78, 5) is 3.48. The van der Waals surface area contributed by atoms with Crippen LogP contribution in [0.4, 0.5) is 5.69 Å². The number of hydrogen-bond acceptors (Lipinski definition) is 1. The summed E-state index contributed by atoms with van der Waals surface area (Å²) in [5.74, 6) is 0. The predicted octanol–water partition coefficient (Wildman–Crippen LogP) is 6.51. The zero-order valence-electron chi connectivity index (χ0n) is 14.6. The third kappa shape index (κ3) is 1.58. The van der Waals surface area contributed by atoms with Crippen LogP contribution in [-0.2, 0) is 5.41 Å². The van der Waals surface area contributed by atoms with Gasteiger partial charge in [0.1, 0.15) is 0 Å². The maximum Gasteiger partial charge on any atom is 0.385 e. The van der Waals surface area contributed by atoms with Gasteiger partial charge in [0.2, 0.25) is 5.39 Å². The van der Waals surface area contributed by atoms with Crippen molar-refractivity contribution in [1.82, 2.24) is 0 Å². The molecule has 1 spiro atoms. The van der Waals surface area contributed by atoms with Crippen molar-refractivity contribution in [2.24, 2.45) is 0 Å². The Morgan fingerprint density at radius 3 is 1.44 bits per heavy atom. The van der Waals surface area contributed by atoms with Gasteiger partial charge in [0.15, 0.2) is 4.98 Å². The molecule has 0 aromatic heterocycles. The molecule has 0 saturated carbocycles. The monoisotopic (exact) mass is 343 g/mol. The van der Waals surface area contributed by atoms with Crippen molar-refractivity contribution in [3.8, 4) is 22.3 Å². The Kier molecular flexibility index (Phi) is 2.64. The molecule has 0 radical (unpaired) electrons. The summed E-state index contributed by atoms with van der Waals surface area (Å²) in [6, 6.07) is 32.0. The lowest BCUT2D eigenvalue weighted by Gasteiger charge is -2.29. The molecule has 2 aliphatic rings. The minimum atomic E-state index is -0.361. The first-order valence-electron chi connectivity index (χ1n) is 9.14. The Bertz CT molecular complexity index is 1230. The average molecular weight is 343 g/mol. The number of nitrogens with zero attached hydrogens (tertiary/aromatic N) is 2. The highest BCUT2D eigenvalue weighted by molar-refractivity contribution is 5.95. The van der Waals surface area contributed by atoms with Crippen LogP contribution in [0.5, 0.6) is 0 Å². The second kappa shape index (κ2) is 4.93. The minimum absolute atomic E-state index is 0.361. The van der Waals surface area contributed by atoms with Crippen molar-refractivity contribution < 1.29 is 0 Å². The van der Waals surface area contributed by atoms with E-state index < -0.39 is 0 Å². The Hall–Kier alpha value is -3.70. The van der Waals surface area contributed by atoms with Crippen LogP contribution in [-0.4, -0.2) is 0 Å². The first-order chi connectivity index (χ1) is 13.4. The fourth-order valence-electron chi connectivity index (χ4n) is 5.15. The van der Waals surface area contributed by atoms with E-state index in [1.165, 1.54) is 44.5 Å². The van der Waals surface area contributed by atoms with Crippen LogP contribution in [0.25, 0.3) is 27.2 Å². The molecule has 27 heavy (non-hydrogen) atoms. The smallest absolute Gasteiger partial charge is 0.0619 e. The first kappa shape index (κ1) is 14.5. The molecule has 0 heterocycles. The number of hydrogen-bond donors (Lipinski definition) is 0. The van der Waals surface area contributed by atoms with Gasteiger partial charge in [-0.25, -0.2) is 0 Å². The van der Waals surface area contributed by atoms with Crippen LogP contribution in [0.3, 0.4) is 0 Å². The van der Waals surface area contributed by atoms with Crippen LogP contribution in [0.1, 0.15) is 22.3 Å². The zero-order valence-corrected chi connectivity index (χ0v) is 14.6. The number of diazo groups is 1. The van der Waals surface area contributed by atoms with Gasteiger partial charge < -0.3 is 0 Å². The molecular weight excluding hydrogens is 328 g/mol. The molecule has 2 aliphatic carbocycles. The Labute approximate surface area is 157 Å². The second-order valence-electron chi connectivity index (χ2n) is 7.22. The lowest BCUT2D eigenvalue weighted by Crippen LogP contribution is -2.25. The van der Waals surface area contributed by atoms with Crippen LogP contribution >= 0.6 is 0 Å². The number of fused-ring (bicyclic) bond motifs is 10. The maximum atomic E-state index is 9.43. The van der Waals surface area contributed by atoms with Gasteiger partial charge in [-0.15, -0.1) is 0 Å². The molecule has 0 saturated heterocycles. The van der Waals surface area contributed by atoms with Gasteiger partial charge in [0.25, 0.3) is 0 Å². The van der Waals surface area contributed by atoms with E-state index >= 15 is 0 Å². The molecule has 4 aromatic carbocycles. The van der Waals surface area contributed by atoms with Crippen molar-refractivity contribution in [3.05, 3.63) is 118 Å². The summed E-state index contributed by atoms with van der Waals surface area (Å²) in [5.41, 5.74) is 10.3. The normalized spacial score (nSPS) is 14.2. The lowest BCUT2D eigenvalue weighted by molar-refractivity contribution is 0.794. The first-order valence-corrected chi connectivity index (χ1v) is 9.14.